The van der Waals surface area contributed by atoms with E-state index < -0.39 is 0 Å². The van der Waals surface area contributed by atoms with Crippen molar-refractivity contribution < 1.29 is 0 Å². The molecule has 0 aliphatic carbocycles. The van der Waals surface area contributed by atoms with Gasteiger partial charge >= 0.3 is 0 Å². The Kier molecular flexibility index (Phi) is 2.94. The average Bonchev–Trinajstić information content (AvgIpc) is 2.33. The molecule has 0 unspecified atom stereocenters. The second-order valence-electron chi connectivity index (χ2n) is 3.85. The molecule has 2 nitrogen and oxygen atoms in total. The summed E-state index contributed by atoms with van der Waals surface area (Å²) in [5, 5.41) is 7.26. The van der Waals surface area contributed by atoms with Gasteiger partial charge in [0.25, 0.3) is 0 Å². The van der Waals surface area contributed by atoms with Gasteiger partial charge in [-0.1, -0.05) is 0 Å². The zero-order valence-electron chi connectivity index (χ0n) is 7.57. The molecule has 2 heterocycles. The van der Waals surface area contributed by atoms with Crippen molar-refractivity contribution in [1.29, 1.82) is 0 Å². The van der Waals surface area contributed by atoms with E-state index in [4.69, 9.17) is 0 Å². The van der Waals surface area contributed by atoms with E-state index in [1.165, 1.54) is 50.4 Å². The summed E-state index contributed by atoms with van der Waals surface area (Å²) < 4.78 is 0. The minimum absolute atomic E-state index is 0.460. The van der Waals surface area contributed by atoms with Gasteiger partial charge < -0.3 is 10.6 Å². The van der Waals surface area contributed by atoms with E-state index in [9.17, 15) is 0 Å². The van der Waals surface area contributed by atoms with Gasteiger partial charge in [0.2, 0.25) is 0 Å². The minimum Gasteiger partial charge on any atom is -0.315 e. The van der Waals surface area contributed by atoms with Crippen LogP contribution in [0, 0.1) is 0 Å². The third-order valence-corrected chi connectivity index (χ3v) is 3.93. The van der Waals surface area contributed by atoms with Gasteiger partial charge in [-0.15, -0.1) is 0 Å². The first-order valence-corrected chi connectivity index (χ1v) is 6.10. The van der Waals surface area contributed by atoms with Crippen LogP contribution in [0.2, 0.25) is 0 Å². The maximum atomic E-state index is 3.72. The number of thioether (sulfide) groups is 1. The summed E-state index contributed by atoms with van der Waals surface area (Å²) in [4.78, 5) is 0. The van der Waals surface area contributed by atoms with Crippen LogP contribution in [-0.4, -0.2) is 36.7 Å². The Hall–Kier alpha value is 0.270. The summed E-state index contributed by atoms with van der Waals surface area (Å²) >= 11 is 2.10. The van der Waals surface area contributed by atoms with Crippen molar-refractivity contribution in [2.75, 3.05) is 31.1 Å². The SMILES string of the molecule is C1CNCC2(CCSCC2)NC1. The number of hydrogen-bond donors (Lipinski definition) is 2. The maximum absolute atomic E-state index is 3.72. The molecule has 2 fully saturated rings. The smallest absolute Gasteiger partial charge is 0.0321 e. The Balaban J connectivity index is 1.95. The molecule has 3 heteroatoms. The van der Waals surface area contributed by atoms with E-state index in [0.717, 1.165) is 0 Å². The van der Waals surface area contributed by atoms with Crippen molar-refractivity contribution in [3.8, 4) is 0 Å². The van der Waals surface area contributed by atoms with E-state index in [0.29, 0.717) is 5.54 Å². The van der Waals surface area contributed by atoms with Crippen molar-refractivity contribution in [3.63, 3.8) is 0 Å². The van der Waals surface area contributed by atoms with Crippen LogP contribution in [0.25, 0.3) is 0 Å². The quantitative estimate of drug-likeness (QED) is 0.586. The summed E-state index contributed by atoms with van der Waals surface area (Å²) in [7, 11) is 0. The van der Waals surface area contributed by atoms with E-state index in [2.05, 4.69) is 22.4 Å². The Morgan fingerprint density at radius 1 is 1.08 bits per heavy atom. The van der Waals surface area contributed by atoms with Crippen molar-refractivity contribution in [2.24, 2.45) is 0 Å². The molecule has 2 rings (SSSR count). The van der Waals surface area contributed by atoms with Gasteiger partial charge in [-0.3, -0.25) is 0 Å². The normalized spacial score (nSPS) is 30.0. The van der Waals surface area contributed by atoms with E-state index in [1.54, 1.807) is 0 Å². The van der Waals surface area contributed by atoms with Gasteiger partial charge in [0.05, 0.1) is 0 Å². The Morgan fingerprint density at radius 3 is 2.75 bits per heavy atom. The van der Waals surface area contributed by atoms with E-state index in [1.807, 2.05) is 0 Å². The molecular weight excluding hydrogens is 168 g/mol. The van der Waals surface area contributed by atoms with Crippen molar-refractivity contribution in [3.05, 3.63) is 0 Å². The fourth-order valence-corrected chi connectivity index (χ4v) is 3.35. The number of hydrogen-bond acceptors (Lipinski definition) is 3. The molecule has 0 bridgehead atoms. The highest BCUT2D eigenvalue weighted by Crippen LogP contribution is 2.27. The van der Waals surface area contributed by atoms with Crippen LogP contribution >= 0.6 is 11.8 Å². The standard InChI is InChI=1S/C9H18N2S/c1-4-10-8-9(11-5-1)2-6-12-7-3-9/h10-11H,1-8H2. The third-order valence-electron chi connectivity index (χ3n) is 2.94. The predicted octanol–water partition coefficient (Wildman–Crippen LogP) is 0.835. The fraction of sp³-hybridized carbons (Fsp3) is 1.00. The van der Waals surface area contributed by atoms with Gasteiger partial charge in [0.1, 0.15) is 0 Å². The Morgan fingerprint density at radius 2 is 1.92 bits per heavy atom. The van der Waals surface area contributed by atoms with Gasteiger partial charge in [-0.2, -0.15) is 11.8 Å². The second kappa shape index (κ2) is 3.99. The topological polar surface area (TPSA) is 24.1 Å². The molecular formula is C9H18N2S. The molecule has 0 saturated carbocycles. The molecule has 2 saturated heterocycles. The molecule has 0 aromatic carbocycles. The van der Waals surface area contributed by atoms with Crippen LogP contribution in [0.5, 0.6) is 0 Å². The highest BCUT2D eigenvalue weighted by atomic mass is 32.2. The first-order chi connectivity index (χ1) is 5.91. The second-order valence-corrected chi connectivity index (χ2v) is 5.07. The summed E-state index contributed by atoms with van der Waals surface area (Å²) in [5.41, 5.74) is 0.460. The Labute approximate surface area is 78.9 Å². The first-order valence-electron chi connectivity index (χ1n) is 4.95. The number of nitrogens with one attached hydrogen (secondary N) is 2. The minimum atomic E-state index is 0.460. The summed E-state index contributed by atoms with van der Waals surface area (Å²) in [6.45, 7) is 3.59. The summed E-state index contributed by atoms with van der Waals surface area (Å²) in [6.07, 6.45) is 3.99. The third kappa shape index (κ3) is 1.95. The summed E-state index contributed by atoms with van der Waals surface area (Å²) in [6, 6.07) is 0. The van der Waals surface area contributed by atoms with Crippen LogP contribution in [0.3, 0.4) is 0 Å². The Bertz CT molecular complexity index is 133. The molecule has 2 aliphatic rings. The maximum Gasteiger partial charge on any atom is 0.0321 e. The largest absolute Gasteiger partial charge is 0.315 e. The zero-order valence-corrected chi connectivity index (χ0v) is 8.38. The lowest BCUT2D eigenvalue weighted by Gasteiger charge is -2.36. The van der Waals surface area contributed by atoms with E-state index in [-0.39, 0.29) is 0 Å². The van der Waals surface area contributed by atoms with Crippen LogP contribution in [-0.2, 0) is 0 Å². The van der Waals surface area contributed by atoms with Gasteiger partial charge in [0, 0.05) is 12.1 Å². The van der Waals surface area contributed by atoms with Crippen molar-refractivity contribution in [2.45, 2.75) is 24.8 Å². The number of rotatable bonds is 0. The summed E-state index contributed by atoms with van der Waals surface area (Å²) in [5.74, 6) is 2.68. The van der Waals surface area contributed by atoms with Gasteiger partial charge in [-0.25, -0.2) is 0 Å². The lowest BCUT2D eigenvalue weighted by molar-refractivity contribution is 0.310. The molecule has 0 atom stereocenters. The molecule has 0 amide bonds. The molecule has 0 aromatic heterocycles. The fourth-order valence-electron chi connectivity index (χ4n) is 2.07. The van der Waals surface area contributed by atoms with Crippen molar-refractivity contribution >= 4 is 11.8 Å². The lowest BCUT2D eigenvalue weighted by atomic mass is 9.92. The van der Waals surface area contributed by atoms with E-state index >= 15 is 0 Å². The molecule has 1 spiro atoms. The van der Waals surface area contributed by atoms with Gasteiger partial charge in [-0.05, 0) is 43.9 Å². The molecule has 70 valence electrons. The molecule has 0 aromatic rings. The van der Waals surface area contributed by atoms with Crippen molar-refractivity contribution in [1.82, 2.24) is 10.6 Å². The monoisotopic (exact) mass is 186 g/mol. The molecule has 12 heavy (non-hydrogen) atoms. The molecule has 0 radical (unpaired) electrons. The van der Waals surface area contributed by atoms with Crippen LogP contribution < -0.4 is 10.6 Å². The first kappa shape index (κ1) is 8.85. The zero-order chi connectivity index (χ0) is 8.28. The highest BCUT2D eigenvalue weighted by molar-refractivity contribution is 7.99. The molecule has 2 aliphatic heterocycles. The van der Waals surface area contributed by atoms with Gasteiger partial charge in [0.15, 0.2) is 0 Å². The van der Waals surface area contributed by atoms with Crippen LogP contribution in [0.4, 0.5) is 0 Å². The van der Waals surface area contributed by atoms with Crippen LogP contribution in [0.1, 0.15) is 19.3 Å². The molecule has 2 N–H and O–H groups in total. The average molecular weight is 186 g/mol. The highest BCUT2D eigenvalue weighted by Gasteiger charge is 2.31. The van der Waals surface area contributed by atoms with Crippen LogP contribution in [0.15, 0.2) is 0 Å². The lowest BCUT2D eigenvalue weighted by Crippen LogP contribution is -2.52. The predicted molar refractivity (Wildman–Crippen MR) is 54.8 cm³/mol.